The van der Waals surface area contributed by atoms with Gasteiger partial charge in [0.1, 0.15) is 0 Å². The van der Waals surface area contributed by atoms with E-state index in [0.29, 0.717) is 19.5 Å². The average Bonchev–Trinajstić information content (AvgIpc) is 2.90. The summed E-state index contributed by atoms with van der Waals surface area (Å²) in [7, 11) is 0. The lowest BCUT2D eigenvalue weighted by Crippen LogP contribution is -2.28. The number of rotatable bonds is 5. The van der Waals surface area contributed by atoms with Crippen molar-refractivity contribution in [1.82, 2.24) is 20.1 Å². The molecule has 2 aromatic rings. The van der Waals surface area contributed by atoms with Crippen LogP contribution in [0.5, 0.6) is 0 Å². The lowest BCUT2D eigenvalue weighted by atomic mass is 10.3. The Labute approximate surface area is 97.1 Å². The Balaban J connectivity index is 1.68. The molecule has 0 unspecified atom stereocenters. The predicted octanol–water partition coefficient (Wildman–Crippen LogP) is 0.699. The van der Waals surface area contributed by atoms with Gasteiger partial charge in [0, 0.05) is 24.3 Å². The van der Waals surface area contributed by atoms with Gasteiger partial charge in [0.25, 0.3) is 0 Å². The van der Waals surface area contributed by atoms with Gasteiger partial charge in [0.2, 0.25) is 5.91 Å². The van der Waals surface area contributed by atoms with Crippen LogP contribution < -0.4 is 5.32 Å². The van der Waals surface area contributed by atoms with Crippen LogP contribution in [0.25, 0.3) is 0 Å². The number of hydrogen-bond donors (Lipinski definition) is 1. The Hall–Kier alpha value is -1.69. The van der Waals surface area contributed by atoms with E-state index in [1.165, 1.54) is 11.3 Å². The van der Waals surface area contributed by atoms with E-state index in [2.05, 4.69) is 15.4 Å². The summed E-state index contributed by atoms with van der Waals surface area (Å²) >= 11 is 1.50. The molecule has 0 saturated heterocycles. The zero-order valence-corrected chi connectivity index (χ0v) is 9.48. The summed E-state index contributed by atoms with van der Waals surface area (Å²) in [5, 5.41) is 8.75. The van der Waals surface area contributed by atoms with Gasteiger partial charge >= 0.3 is 0 Å². The summed E-state index contributed by atoms with van der Waals surface area (Å²) in [6, 6.07) is 1.86. The van der Waals surface area contributed by atoms with Gasteiger partial charge in [-0.1, -0.05) is 0 Å². The lowest BCUT2D eigenvalue weighted by Gasteiger charge is -2.04. The van der Waals surface area contributed by atoms with E-state index in [4.69, 9.17) is 0 Å². The van der Waals surface area contributed by atoms with Gasteiger partial charge in [-0.05, 0) is 6.07 Å². The second-order valence-electron chi connectivity index (χ2n) is 3.28. The molecule has 5 nitrogen and oxygen atoms in total. The van der Waals surface area contributed by atoms with Crippen LogP contribution >= 0.6 is 11.3 Å². The van der Waals surface area contributed by atoms with Crippen LogP contribution in [-0.4, -0.2) is 27.2 Å². The van der Waals surface area contributed by atoms with Gasteiger partial charge < -0.3 is 5.32 Å². The smallest absolute Gasteiger partial charge is 0.226 e. The van der Waals surface area contributed by atoms with Gasteiger partial charge in [-0.2, -0.15) is 5.10 Å². The summed E-state index contributed by atoms with van der Waals surface area (Å²) in [4.78, 5) is 15.5. The van der Waals surface area contributed by atoms with Gasteiger partial charge in [-0.15, -0.1) is 11.3 Å². The molecule has 0 atom stereocenters. The van der Waals surface area contributed by atoms with Crippen LogP contribution in [0.4, 0.5) is 0 Å². The average molecular weight is 236 g/mol. The first kappa shape index (κ1) is 10.8. The molecule has 0 aliphatic heterocycles. The molecule has 2 heterocycles. The van der Waals surface area contributed by atoms with E-state index in [1.54, 1.807) is 16.4 Å². The maximum Gasteiger partial charge on any atom is 0.226 e. The number of thiazole rings is 1. The minimum atomic E-state index is -0.00180. The highest BCUT2D eigenvalue weighted by Crippen LogP contribution is 2.01. The number of carbonyl (C=O) groups excluding carboxylic acids is 1. The first-order valence-electron chi connectivity index (χ1n) is 4.96. The van der Waals surface area contributed by atoms with E-state index in [0.717, 1.165) is 5.69 Å². The van der Waals surface area contributed by atoms with Crippen molar-refractivity contribution < 1.29 is 4.79 Å². The zero-order chi connectivity index (χ0) is 11.2. The SMILES string of the molecule is O=C(Cc1cscn1)NCCn1cccn1. The van der Waals surface area contributed by atoms with Crippen molar-refractivity contribution in [3.63, 3.8) is 0 Å². The molecular weight excluding hydrogens is 224 g/mol. The van der Waals surface area contributed by atoms with Crippen LogP contribution in [-0.2, 0) is 17.8 Å². The molecule has 0 fully saturated rings. The fourth-order valence-electron chi connectivity index (χ4n) is 1.29. The molecule has 0 radical (unpaired) electrons. The number of hydrogen-bond acceptors (Lipinski definition) is 4. The maximum absolute atomic E-state index is 11.5. The molecule has 0 spiro atoms. The number of amides is 1. The molecule has 1 N–H and O–H groups in total. The van der Waals surface area contributed by atoms with Crippen molar-refractivity contribution in [3.05, 3.63) is 35.0 Å². The standard InChI is InChI=1S/C10H12N4OS/c15-10(6-9-7-16-8-12-9)11-3-5-14-4-1-2-13-14/h1-2,4,7-8H,3,5-6H2,(H,11,15). The molecule has 0 aromatic carbocycles. The second-order valence-corrected chi connectivity index (χ2v) is 3.99. The van der Waals surface area contributed by atoms with Gasteiger partial charge in [-0.3, -0.25) is 9.48 Å². The van der Waals surface area contributed by atoms with Crippen molar-refractivity contribution >= 4 is 17.2 Å². The van der Waals surface area contributed by atoms with Crippen LogP contribution in [0.2, 0.25) is 0 Å². The van der Waals surface area contributed by atoms with Crippen LogP contribution in [0, 0.1) is 0 Å². The number of nitrogens with one attached hydrogen (secondary N) is 1. The fourth-order valence-corrected chi connectivity index (χ4v) is 1.85. The maximum atomic E-state index is 11.5. The monoisotopic (exact) mass is 236 g/mol. The zero-order valence-electron chi connectivity index (χ0n) is 8.67. The minimum absolute atomic E-state index is 0.00180. The summed E-state index contributed by atoms with van der Waals surface area (Å²) < 4.78 is 1.78. The Morgan fingerprint density at radius 3 is 3.19 bits per heavy atom. The minimum Gasteiger partial charge on any atom is -0.354 e. The van der Waals surface area contributed by atoms with Crippen LogP contribution in [0.3, 0.4) is 0 Å². The van der Waals surface area contributed by atoms with E-state index >= 15 is 0 Å². The molecule has 2 rings (SSSR count). The molecule has 16 heavy (non-hydrogen) atoms. The number of aromatic nitrogens is 3. The summed E-state index contributed by atoms with van der Waals surface area (Å²) in [6.07, 6.45) is 3.94. The first-order valence-corrected chi connectivity index (χ1v) is 5.90. The Bertz CT molecular complexity index is 424. The fraction of sp³-hybridized carbons (Fsp3) is 0.300. The van der Waals surface area contributed by atoms with Crippen molar-refractivity contribution in [2.75, 3.05) is 6.54 Å². The third kappa shape index (κ3) is 3.16. The summed E-state index contributed by atoms with van der Waals surface area (Å²) in [5.74, 6) is -0.00180. The van der Waals surface area contributed by atoms with Crippen molar-refractivity contribution in [2.24, 2.45) is 0 Å². The number of nitrogens with zero attached hydrogens (tertiary/aromatic N) is 3. The summed E-state index contributed by atoms with van der Waals surface area (Å²) in [6.45, 7) is 1.28. The Morgan fingerprint density at radius 1 is 1.56 bits per heavy atom. The third-order valence-corrected chi connectivity index (χ3v) is 2.68. The molecule has 0 aliphatic carbocycles. The molecule has 0 saturated carbocycles. The van der Waals surface area contributed by atoms with E-state index in [9.17, 15) is 4.79 Å². The topological polar surface area (TPSA) is 59.8 Å². The van der Waals surface area contributed by atoms with Gasteiger partial charge in [-0.25, -0.2) is 4.98 Å². The predicted molar refractivity (Wildman–Crippen MR) is 61.1 cm³/mol. The molecule has 6 heteroatoms. The highest BCUT2D eigenvalue weighted by atomic mass is 32.1. The third-order valence-electron chi connectivity index (χ3n) is 2.05. The van der Waals surface area contributed by atoms with Gasteiger partial charge in [0.15, 0.2) is 0 Å². The lowest BCUT2D eigenvalue weighted by molar-refractivity contribution is -0.120. The van der Waals surface area contributed by atoms with E-state index in [1.807, 2.05) is 17.6 Å². The molecule has 0 bridgehead atoms. The Kier molecular flexibility index (Phi) is 3.66. The quantitative estimate of drug-likeness (QED) is 0.831. The van der Waals surface area contributed by atoms with Crippen LogP contribution in [0.1, 0.15) is 5.69 Å². The van der Waals surface area contributed by atoms with Gasteiger partial charge in [0.05, 0.1) is 24.2 Å². The van der Waals surface area contributed by atoms with E-state index in [-0.39, 0.29) is 5.91 Å². The Morgan fingerprint density at radius 2 is 2.50 bits per heavy atom. The van der Waals surface area contributed by atoms with Crippen molar-refractivity contribution in [3.8, 4) is 0 Å². The molecule has 2 aromatic heterocycles. The normalized spacial score (nSPS) is 10.2. The van der Waals surface area contributed by atoms with Crippen molar-refractivity contribution in [1.29, 1.82) is 0 Å². The molecule has 0 aliphatic rings. The molecule has 1 amide bonds. The first-order chi connectivity index (χ1) is 7.84. The second kappa shape index (κ2) is 5.41. The largest absolute Gasteiger partial charge is 0.354 e. The van der Waals surface area contributed by atoms with Crippen LogP contribution in [0.15, 0.2) is 29.4 Å². The van der Waals surface area contributed by atoms with Crippen molar-refractivity contribution in [2.45, 2.75) is 13.0 Å². The molecule has 84 valence electrons. The summed E-state index contributed by atoms with van der Waals surface area (Å²) in [5.41, 5.74) is 2.55. The van der Waals surface area contributed by atoms with E-state index < -0.39 is 0 Å². The number of carbonyl (C=O) groups is 1. The highest BCUT2D eigenvalue weighted by molar-refractivity contribution is 7.07. The highest BCUT2D eigenvalue weighted by Gasteiger charge is 2.03. The molecular formula is C10H12N4OS.